The minimum Gasteiger partial charge on any atom is -0.464 e. The fraction of sp³-hybridized carbons (Fsp3) is 0.200. The molecule has 0 bridgehead atoms. The smallest absolute Gasteiger partial charge is 0.333 e. The summed E-state index contributed by atoms with van der Waals surface area (Å²) in [5, 5.41) is 0. The maximum atomic E-state index is 12.2. The molecule has 98 valence electrons. The van der Waals surface area contributed by atoms with Gasteiger partial charge >= 0.3 is 5.97 Å². The Hall–Kier alpha value is -2.36. The molecule has 0 radical (unpaired) electrons. The summed E-state index contributed by atoms with van der Waals surface area (Å²) >= 11 is 0. The topological polar surface area (TPSA) is 48.3 Å². The van der Waals surface area contributed by atoms with E-state index in [1.54, 1.807) is 29.8 Å². The minimum absolute atomic E-state index is 0.305. The Morgan fingerprint density at radius 3 is 2.63 bits per heavy atom. The highest BCUT2D eigenvalue weighted by molar-refractivity contribution is 5.80. The van der Waals surface area contributed by atoms with Crippen molar-refractivity contribution in [2.45, 2.75) is 13.0 Å². The molecule has 4 heteroatoms. The van der Waals surface area contributed by atoms with E-state index in [9.17, 15) is 9.59 Å². The average molecular weight is 257 g/mol. The van der Waals surface area contributed by atoms with Crippen LogP contribution in [0.1, 0.15) is 29.0 Å². The van der Waals surface area contributed by atoms with Crippen LogP contribution in [0.25, 0.3) is 0 Å². The molecular weight excluding hydrogens is 242 g/mol. The number of rotatable bonds is 5. The van der Waals surface area contributed by atoms with E-state index in [1.165, 1.54) is 0 Å². The summed E-state index contributed by atoms with van der Waals surface area (Å²) in [6.07, 6.45) is 2.44. The first kappa shape index (κ1) is 13.1. The summed E-state index contributed by atoms with van der Waals surface area (Å²) in [4.78, 5) is 23.2. The lowest BCUT2D eigenvalue weighted by atomic mass is 10.1. The Kier molecular flexibility index (Phi) is 4.13. The van der Waals surface area contributed by atoms with E-state index in [2.05, 4.69) is 0 Å². The van der Waals surface area contributed by atoms with Crippen LogP contribution in [-0.2, 0) is 9.53 Å². The molecule has 1 atom stereocenters. The summed E-state index contributed by atoms with van der Waals surface area (Å²) in [6, 6.07) is 12.0. The summed E-state index contributed by atoms with van der Waals surface area (Å²) < 4.78 is 6.73. The second kappa shape index (κ2) is 6.00. The number of esters is 1. The van der Waals surface area contributed by atoms with Crippen LogP contribution < -0.4 is 0 Å². The number of aldehydes is 1. The van der Waals surface area contributed by atoms with Crippen molar-refractivity contribution < 1.29 is 14.3 Å². The van der Waals surface area contributed by atoms with Gasteiger partial charge in [-0.15, -0.1) is 0 Å². The van der Waals surface area contributed by atoms with Crippen LogP contribution in [0.3, 0.4) is 0 Å². The van der Waals surface area contributed by atoms with Crippen molar-refractivity contribution in [2.24, 2.45) is 0 Å². The Morgan fingerprint density at radius 1 is 1.26 bits per heavy atom. The van der Waals surface area contributed by atoms with Gasteiger partial charge < -0.3 is 9.30 Å². The van der Waals surface area contributed by atoms with Gasteiger partial charge in [0.15, 0.2) is 12.3 Å². The lowest BCUT2D eigenvalue weighted by Crippen LogP contribution is -2.24. The molecule has 2 aromatic rings. The first-order chi connectivity index (χ1) is 9.27. The molecule has 0 fully saturated rings. The number of benzene rings is 1. The predicted molar refractivity (Wildman–Crippen MR) is 71.0 cm³/mol. The first-order valence-electron chi connectivity index (χ1n) is 6.11. The highest BCUT2D eigenvalue weighted by Gasteiger charge is 2.24. The zero-order valence-electron chi connectivity index (χ0n) is 10.7. The number of carbonyl (C=O) groups is 2. The SMILES string of the molecule is CCOC(=O)C(c1ccccc1)n1cccc1C=O. The molecule has 1 aromatic carbocycles. The Balaban J connectivity index is 2.46. The largest absolute Gasteiger partial charge is 0.464 e. The molecule has 0 aliphatic rings. The van der Waals surface area contributed by atoms with Crippen LogP contribution in [0.15, 0.2) is 48.7 Å². The van der Waals surface area contributed by atoms with E-state index < -0.39 is 6.04 Å². The van der Waals surface area contributed by atoms with Gasteiger partial charge in [0.1, 0.15) is 0 Å². The first-order valence-corrected chi connectivity index (χ1v) is 6.11. The molecule has 0 N–H and O–H groups in total. The zero-order chi connectivity index (χ0) is 13.7. The van der Waals surface area contributed by atoms with Gasteiger partial charge in [-0.3, -0.25) is 4.79 Å². The molecule has 0 aliphatic heterocycles. The molecule has 0 aliphatic carbocycles. The molecular formula is C15H15NO3. The van der Waals surface area contributed by atoms with Gasteiger partial charge in [-0.25, -0.2) is 4.79 Å². The van der Waals surface area contributed by atoms with Crippen LogP contribution in [-0.4, -0.2) is 23.4 Å². The monoisotopic (exact) mass is 257 g/mol. The van der Waals surface area contributed by atoms with Gasteiger partial charge in [-0.2, -0.15) is 0 Å². The number of nitrogens with zero attached hydrogens (tertiary/aromatic N) is 1. The lowest BCUT2D eigenvalue weighted by molar-refractivity contribution is -0.145. The van der Waals surface area contributed by atoms with Gasteiger partial charge in [0.05, 0.1) is 12.3 Å². The Bertz CT molecular complexity index is 560. The second-order valence-electron chi connectivity index (χ2n) is 4.02. The third-order valence-electron chi connectivity index (χ3n) is 2.84. The molecule has 4 nitrogen and oxygen atoms in total. The molecule has 2 rings (SSSR count). The molecule has 0 spiro atoms. The molecule has 0 saturated heterocycles. The quantitative estimate of drug-likeness (QED) is 0.610. The summed E-state index contributed by atoms with van der Waals surface area (Å²) in [6.45, 7) is 2.07. The maximum absolute atomic E-state index is 12.2. The molecule has 1 aromatic heterocycles. The number of ether oxygens (including phenoxy) is 1. The van der Waals surface area contributed by atoms with Gasteiger partial charge in [-0.1, -0.05) is 30.3 Å². The third-order valence-corrected chi connectivity index (χ3v) is 2.84. The van der Waals surface area contributed by atoms with Crippen LogP contribution in [0, 0.1) is 0 Å². The van der Waals surface area contributed by atoms with Crippen molar-refractivity contribution in [1.29, 1.82) is 0 Å². The molecule has 1 unspecified atom stereocenters. The zero-order valence-corrected chi connectivity index (χ0v) is 10.7. The van der Waals surface area contributed by atoms with Crippen molar-refractivity contribution in [3.05, 3.63) is 59.9 Å². The summed E-state index contributed by atoms with van der Waals surface area (Å²) in [7, 11) is 0. The van der Waals surface area contributed by atoms with Gasteiger partial charge in [0.2, 0.25) is 0 Å². The average Bonchev–Trinajstić information content (AvgIpc) is 2.89. The number of hydrogen-bond acceptors (Lipinski definition) is 3. The Morgan fingerprint density at radius 2 is 2.00 bits per heavy atom. The maximum Gasteiger partial charge on any atom is 0.333 e. The number of hydrogen-bond donors (Lipinski definition) is 0. The molecule has 19 heavy (non-hydrogen) atoms. The third kappa shape index (κ3) is 2.73. The highest BCUT2D eigenvalue weighted by Crippen LogP contribution is 2.22. The predicted octanol–water partition coefficient (Wildman–Crippen LogP) is 2.45. The van der Waals surface area contributed by atoms with E-state index >= 15 is 0 Å². The molecule has 1 heterocycles. The van der Waals surface area contributed by atoms with Gasteiger partial charge in [-0.05, 0) is 24.6 Å². The normalized spacial score (nSPS) is 11.8. The molecule has 0 saturated carbocycles. The van der Waals surface area contributed by atoms with E-state index in [0.29, 0.717) is 12.3 Å². The summed E-state index contributed by atoms with van der Waals surface area (Å²) in [5.41, 5.74) is 1.24. The molecule has 0 amide bonds. The minimum atomic E-state index is -0.628. The summed E-state index contributed by atoms with van der Waals surface area (Å²) in [5.74, 6) is -0.368. The van der Waals surface area contributed by atoms with Crippen LogP contribution in [0.4, 0.5) is 0 Å². The van der Waals surface area contributed by atoms with Crippen molar-refractivity contribution in [2.75, 3.05) is 6.61 Å². The van der Waals surface area contributed by atoms with Crippen molar-refractivity contribution in [3.8, 4) is 0 Å². The van der Waals surface area contributed by atoms with E-state index in [4.69, 9.17) is 4.74 Å². The highest BCUT2D eigenvalue weighted by atomic mass is 16.5. The van der Waals surface area contributed by atoms with Crippen molar-refractivity contribution in [1.82, 2.24) is 4.57 Å². The van der Waals surface area contributed by atoms with Crippen LogP contribution >= 0.6 is 0 Å². The standard InChI is InChI=1S/C15H15NO3/c1-2-19-15(18)14(12-7-4-3-5-8-12)16-10-6-9-13(16)11-17/h3-11,14H,2H2,1H3. The fourth-order valence-corrected chi connectivity index (χ4v) is 2.01. The van der Waals surface area contributed by atoms with E-state index in [1.807, 2.05) is 30.3 Å². The second-order valence-corrected chi connectivity index (χ2v) is 4.02. The van der Waals surface area contributed by atoms with Crippen molar-refractivity contribution >= 4 is 12.3 Å². The van der Waals surface area contributed by atoms with Gasteiger partial charge in [0, 0.05) is 6.20 Å². The van der Waals surface area contributed by atoms with Crippen LogP contribution in [0.2, 0.25) is 0 Å². The van der Waals surface area contributed by atoms with E-state index in [-0.39, 0.29) is 5.97 Å². The number of carbonyl (C=O) groups excluding carboxylic acids is 2. The number of aromatic nitrogens is 1. The fourth-order valence-electron chi connectivity index (χ4n) is 2.01. The Labute approximate surface area is 111 Å². The van der Waals surface area contributed by atoms with E-state index in [0.717, 1.165) is 11.8 Å². The van der Waals surface area contributed by atoms with Crippen molar-refractivity contribution in [3.63, 3.8) is 0 Å². The van der Waals surface area contributed by atoms with Gasteiger partial charge in [0.25, 0.3) is 0 Å². The van der Waals surface area contributed by atoms with Crippen LogP contribution in [0.5, 0.6) is 0 Å². The lowest BCUT2D eigenvalue weighted by Gasteiger charge is -2.19.